The molecule has 0 unspecified atom stereocenters. The van der Waals surface area contributed by atoms with E-state index in [1.165, 1.54) is 0 Å². The fraction of sp³-hybridized carbons (Fsp3) is 0.909. The third kappa shape index (κ3) is 4.51. The quantitative estimate of drug-likeness (QED) is 0.660. The topological polar surface area (TPSA) is 53.2 Å². The highest BCUT2D eigenvalue weighted by atomic mass is 16.2. The number of amides is 2. The molecule has 0 aromatic rings. The molecule has 1 saturated carbocycles. The van der Waals surface area contributed by atoms with Crippen LogP contribution in [-0.2, 0) is 0 Å². The first-order chi connectivity index (χ1) is 7.11. The van der Waals surface area contributed by atoms with Crippen LogP contribution in [0, 0.1) is 0 Å². The van der Waals surface area contributed by atoms with Crippen LogP contribution < -0.4 is 16.0 Å². The van der Waals surface area contributed by atoms with Crippen LogP contribution in [0.5, 0.6) is 0 Å². The van der Waals surface area contributed by atoms with Gasteiger partial charge in [0.2, 0.25) is 0 Å². The highest BCUT2D eigenvalue weighted by Gasteiger charge is 2.21. The van der Waals surface area contributed by atoms with Crippen molar-refractivity contribution in [1.82, 2.24) is 16.0 Å². The number of carbonyl (C=O) groups is 1. The summed E-state index contributed by atoms with van der Waals surface area (Å²) in [5.74, 6) is 0. The van der Waals surface area contributed by atoms with Gasteiger partial charge in [-0.15, -0.1) is 0 Å². The lowest BCUT2D eigenvalue weighted by atomic mass is 9.91. The van der Waals surface area contributed by atoms with Gasteiger partial charge in [0.25, 0.3) is 0 Å². The third-order valence-corrected chi connectivity index (χ3v) is 2.89. The zero-order chi connectivity index (χ0) is 11.3. The molecule has 2 amide bonds. The second kappa shape index (κ2) is 5.95. The molecule has 1 aliphatic carbocycles. The van der Waals surface area contributed by atoms with Gasteiger partial charge in [-0.3, -0.25) is 0 Å². The highest BCUT2D eigenvalue weighted by Crippen LogP contribution is 2.17. The minimum absolute atomic E-state index is 0.0297. The lowest BCUT2D eigenvalue weighted by Gasteiger charge is -2.29. The number of carbonyl (C=O) groups excluding carboxylic acids is 1. The van der Waals surface area contributed by atoms with Crippen LogP contribution in [0.25, 0.3) is 0 Å². The van der Waals surface area contributed by atoms with Crippen molar-refractivity contribution in [3.63, 3.8) is 0 Å². The van der Waals surface area contributed by atoms with Crippen LogP contribution in [0.1, 0.15) is 39.5 Å². The van der Waals surface area contributed by atoms with E-state index in [0.29, 0.717) is 12.1 Å². The standard InChI is InChI=1S/C11H23N3O/c1-8(2)13-11(15)14-10-6-4-9(12-3)5-7-10/h8-10,12H,4-7H2,1-3H3,(H2,13,14,15). The zero-order valence-corrected chi connectivity index (χ0v) is 9.97. The fourth-order valence-electron chi connectivity index (χ4n) is 2.02. The summed E-state index contributed by atoms with van der Waals surface area (Å²) in [6, 6.07) is 1.17. The van der Waals surface area contributed by atoms with E-state index in [0.717, 1.165) is 25.7 Å². The Labute approximate surface area is 92.2 Å². The lowest BCUT2D eigenvalue weighted by Crippen LogP contribution is -2.47. The second-order valence-electron chi connectivity index (χ2n) is 4.61. The van der Waals surface area contributed by atoms with Crippen molar-refractivity contribution in [2.45, 2.75) is 57.7 Å². The molecule has 4 nitrogen and oxygen atoms in total. The van der Waals surface area contributed by atoms with Crippen LogP contribution >= 0.6 is 0 Å². The average molecular weight is 213 g/mol. The Kier molecular flexibility index (Phi) is 4.88. The number of hydrogen-bond acceptors (Lipinski definition) is 2. The van der Waals surface area contributed by atoms with Gasteiger partial charge in [0.1, 0.15) is 0 Å². The Morgan fingerprint density at radius 1 is 1.13 bits per heavy atom. The first kappa shape index (κ1) is 12.3. The molecule has 1 rings (SSSR count). The normalized spacial score (nSPS) is 26.4. The van der Waals surface area contributed by atoms with Gasteiger partial charge in [0.15, 0.2) is 0 Å². The molecule has 0 saturated heterocycles. The summed E-state index contributed by atoms with van der Waals surface area (Å²) in [6.07, 6.45) is 4.47. The average Bonchev–Trinajstić information content (AvgIpc) is 2.17. The van der Waals surface area contributed by atoms with E-state index in [4.69, 9.17) is 0 Å². The maximum Gasteiger partial charge on any atom is 0.315 e. The third-order valence-electron chi connectivity index (χ3n) is 2.89. The molecule has 0 spiro atoms. The number of nitrogens with one attached hydrogen (secondary N) is 3. The van der Waals surface area contributed by atoms with Gasteiger partial charge in [0, 0.05) is 18.1 Å². The largest absolute Gasteiger partial charge is 0.336 e. The molecule has 0 bridgehead atoms. The molecule has 0 heterocycles. The number of urea groups is 1. The zero-order valence-electron chi connectivity index (χ0n) is 9.97. The van der Waals surface area contributed by atoms with Crippen LogP contribution in [0.2, 0.25) is 0 Å². The Hall–Kier alpha value is -0.770. The van der Waals surface area contributed by atoms with Crippen LogP contribution in [0.4, 0.5) is 4.79 Å². The first-order valence-electron chi connectivity index (χ1n) is 5.86. The number of hydrogen-bond donors (Lipinski definition) is 3. The summed E-state index contributed by atoms with van der Waals surface area (Å²) in [4.78, 5) is 11.4. The van der Waals surface area contributed by atoms with Crippen molar-refractivity contribution in [1.29, 1.82) is 0 Å². The SMILES string of the molecule is CNC1CCC(NC(=O)NC(C)C)CC1. The molecule has 3 N–H and O–H groups in total. The van der Waals surface area contributed by atoms with Crippen molar-refractivity contribution in [3.05, 3.63) is 0 Å². The molecule has 0 radical (unpaired) electrons. The Morgan fingerprint density at radius 3 is 2.13 bits per heavy atom. The smallest absolute Gasteiger partial charge is 0.315 e. The van der Waals surface area contributed by atoms with E-state index in [1.807, 2.05) is 20.9 Å². The second-order valence-corrected chi connectivity index (χ2v) is 4.61. The molecule has 88 valence electrons. The highest BCUT2D eigenvalue weighted by molar-refractivity contribution is 5.74. The van der Waals surface area contributed by atoms with Crippen LogP contribution in [0.3, 0.4) is 0 Å². The van der Waals surface area contributed by atoms with E-state index >= 15 is 0 Å². The lowest BCUT2D eigenvalue weighted by molar-refractivity contribution is 0.227. The summed E-state index contributed by atoms with van der Waals surface area (Å²) >= 11 is 0. The minimum atomic E-state index is -0.0297. The molecular formula is C11H23N3O. The maximum atomic E-state index is 11.4. The van der Waals surface area contributed by atoms with Gasteiger partial charge in [0.05, 0.1) is 0 Å². The van der Waals surface area contributed by atoms with E-state index < -0.39 is 0 Å². The van der Waals surface area contributed by atoms with Gasteiger partial charge < -0.3 is 16.0 Å². The maximum absolute atomic E-state index is 11.4. The molecule has 0 aliphatic heterocycles. The molecular weight excluding hydrogens is 190 g/mol. The van der Waals surface area contributed by atoms with Crippen molar-refractivity contribution in [3.8, 4) is 0 Å². The van der Waals surface area contributed by atoms with E-state index in [-0.39, 0.29) is 12.1 Å². The van der Waals surface area contributed by atoms with E-state index in [1.54, 1.807) is 0 Å². The Morgan fingerprint density at radius 2 is 1.67 bits per heavy atom. The number of rotatable bonds is 3. The van der Waals surface area contributed by atoms with Gasteiger partial charge in [-0.05, 0) is 46.6 Å². The van der Waals surface area contributed by atoms with Gasteiger partial charge in [-0.1, -0.05) is 0 Å². The molecule has 15 heavy (non-hydrogen) atoms. The molecule has 1 aliphatic rings. The molecule has 0 atom stereocenters. The van der Waals surface area contributed by atoms with E-state index in [9.17, 15) is 4.79 Å². The predicted octanol–water partition coefficient (Wildman–Crippen LogP) is 1.22. The van der Waals surface area contributed by atoms with Gasteiger partial charge in [-0.25, -0.2) is 4.79 Å². The monoisotopic (exact) mass is 213 g/mol. The first-order valence-corrected chi connectivity index (χ1v) is 5.86. The molecule has 1 fully saturated rings. The Balaban J connectivity index is 2.20. The summed E-state index contributed by atoms with van der Waals surface area (Å²) in [5.41, 5.74) is 0. The van der Waals surface area contributed by atoms with Crippen LogP contribution in [-0.4, -0.2) is 31.2 Å². The molecule has 0 aromatic heterocycles. The van der Waals surface area contributed by atoms with E-state index in [2.05, 4.69) is 16.0 Å². The Bertz CT molecular complexity index is 198. The van der Waals surface area contributed by atoms with Crippen molar-refractivity contribution in [2.75, 3.05) is 7.05 Å². The minimum Gasteiger partial charge on any atom is -0.336 e. The fourth-order valence-corrected chi connectivity index (χ4v) is 2.02. The predicted molar refractivity (Wildman–Crippen MR) is 61.9 cm³/mol. The van der Waals surface area contributed by atoms with Crippen LogP contribution in [0.15, 0.2) is 0 Å². The summed E-state index contributed by atoms with van der Waals surface area (Å²) < 4.78 is 0. The molecule has 4 heteroatoms. The van der Waals surface area contributed by atoms with Gasteiger partial charge >= 0.3 is 6.03 Å². The van der Waals surface area contributed by atoms with Crippen molar-refractivity contribution in [2.24, 2.45) is 0 Å². The summed E-state index contributed by atoms with van der Waals surface area (Å²) in [6.45, 7) is 3.94. The van der Waals surface area contributed by atoms with Gasteiger partial charge in [-0.2, -0.15) is 0 Å². The van der Waals surface area contributed by atoms with Crippen molar-refractivity contribution < 1.29 is 4.79 Å². The summed E-state index contributed by atoms with van der Waals surface area (Å²) in [5, 5.41) is 9.15. The summed E-state index contributed by atoms with van der Waals surface area (Å²) in [7, 11) is 2.00. The van der Waals surface area contributed by atoms with Crippen molar-refractivity contribution >= 4 is 6.03 Å². The molecule has 0 aromatic carbocycles.